The number of rotatable bonds is 8. The van der Waals surface area contributed by atoms with Crippen LogP contribution in [0.25, 0.3) is 0 Å². The van der Waals surface area contributed by atoms with Crippen LogP contribution in [0.2, 0.25) is 0 Å². The van der Waals surface area contributed by atoms with E-state index in [0.29, 0.717) is 12.2 Å². The summed E-state index contributed by atoms with van der Waals surface area (Å²) in [6, 6.07) is 8.23. The molecule has 0 heterocycles. The predicted octanol–water partition coefficient (Wildman–Crippen LogP) is 0.826. The van der Waals surface area contributed by atoms with Crippen LogP contribution in [0.5, 0.6) is 0 Å². The van der Waals surface area contributed by atoms with Crippen molar-refractivity contribution in [2.45, 2.75) is 18.6 Å². The standard InChI is InChI=1S/C13H17NO4S/c1-13(18,10-5-3-2-4-6-10)8-19-7-11(12(16)17)14-9-15/h2-6,9,11,18H,7-8H2,1H3,(H,14,15)(H,16,17). The van der Waals surface area contributed by atoms with Crippen molar-refractivity contribution in [3.63, 3.8) is 0 Å². The second-order valence-electron chi connectivity index (χ2n) is 4.33. The first-order valence-electron chi connectivity index (χ1n) is 5.75. The number of thioether (sulfide) groups is 1. The lowest BCUT2D eigenvalue weighted by atomic mass is 9.99. The fourth-order valence-corrected chi connectivity index (χ4v) is 2.69. The van der Waals surface area contributed by atoms with Crippen molar-refractivity contribution in [2.75, 3.05) is 11.5 Å². The minimum atomic E-state index is -1.08. The second kappa shape index (κ2) is 7.16. The molecule has 0 saturated carbocycles. The minimum absolute atomic E-state index is 0.205. The highest BCUT2D eigenvalue weighted by atomic mass is 32.2. The summed E-state index contributed by atoms with van der Waals surface area (Å²) in [5.41, 5.74) is -0.256. The van der Waals surface area contributed by atoms with Gasteiger partial charge in [0, 0.05) is 11.5 Å². The molecule has 1 aromatic rings. The normalized spacial score (nSPS) is 15.3. The summed E-state index contributed by atoms with van der Waals surface area (Å²) in [6.07, 6.45) is 0.370. The molecule has 1 rings (SSSR count). The van der Waals surface area contributed by atoms with Crippen LogP contribution in [-0.4, -0.2) is 40.1 Å². The van der Waals surface area contributed by atoms with Crippen LogP contribution >= 0.6 is 11.8 Å². The van der Waals surface area contributed by atoms with E-state index in [1.165, 1.54) is 11.8 Å². The highest BCUT2D eigenvalue weighted by Crippen LogP contribution is 2.25. The SMILES string of the molecule is CC(O)(CSCC(NC=O)C(=O)O)c1ccccc1. The Kier molecular flexibility index (Phi) is 5.85. The molecule has 2 unspecified atom stereocenters. The quantitative estimate of drug-likeness (QED) is 0.615. The summed E-state index contributed by atoms with van der Waals surface area (Å²) in [4.78, 5) is 21.1. The van der Waals surface area contributed by atoms with Gasteiger partial charge in [0.25, 0.3) is 0 Å². The van der Waals surface area contributed by atoms with E-state index in [1.807, 2.05) is 30.3 Å². The third-order valence-corrected chi connectivity index (χ3v) is 3.97. The molecule has 1 aromatic carbocycles. The zero-order chi connectivity index (χ0) is 14.3. The minimum Gasteiger partial charge on any atom is -0.480 e. The van der Waals surface area contributed by atoms with Crippen LogP contribution in [0.15, 0.2) is 30.3 Å². The number of carboxylic acid groups (broad SMARTS) is 1. The molecule has 5 nitrogen and oxygen atoms in total. The number of benzene rings is 1. The van der Waals surface area contributed by atoms with Gasteiger partial charge in [-0.3, -0.25) is 4.79 Å². The molecular formula is C13H17NO4S. The molecule has 19 heavy (non-hydrogen) atoms. The molecule has 0 aliphatic heterocycles. The summed E-state index contributed by atoms with van der Waals surface area (Å²) < 4.78 is 0. The molecule has 0 aliphatic carbocycles. The van der Waals surface area contributed by atoms with E-state index in [2.05, 4.69) is 5.32 Å². The van der Waals surface area contributed by atoms with E-state index in [4.69, 9.17) is 5.11 Å². The van der Waals surface area contributed by atoms with Gasteiger partial charge in [0.2, 0.25) is 6.41 Å². The number of hydrogen-bond acceptors (Lipinski definition) is 4. The van der Waals surface area contributed by atoms with Crippen molar-refractivity contribution >= 4 is 24.1 Å². The Morgan fingerprint density at radius 1 is 1.47 bits per heavy atom. The topological polar surface area (TPSA) is 86.6 Å². The van der Waals surface area contributed by atoms with Crippen LogP contribution < -0.4 is 5.32 Å². The predicted molar refractivity (Wildman–Crippen MR) is 74.0 cm³/mol. The van der Waals surface area contributed by atoms with Gasteiger partial charge in [-0.25, -0.2) is 4.79 Å². The summed E-state index contributed by atoms with van der Waals surface area (Å²) in [6.45, 7) is 1.68. The van der Waals surface area contributed by atoms with Gasteiger partial charge in [-0.05, 0) is 12.5 Å². The zero-order valence-corrected chi connectivity index (χ0v) is 11.4. The van der Waals surface area contributed by atoms with E-state index < -0.39 is 17.6 Å². The lowest BCUT2D eigenvalue weighted by Gasteiger charge is -2.24. The molecule has 6 heteroatoms. The number of nitrogens with one attached hydrogen (secondary N) is 1. The van der Waals surface area contributed by atoms with Gasteiger partial charge in [0.1, 0.15) is 6.04 Å². The van der Waals surface area contributed by atoms with Crippen molar-refractivity contribution in [2.24, 2.45) is 0 Å². The molecular weight excluding hydrogens is 266 g/mol. The molecule has 0 aliphatic rings. The number of amides is 1. The third kappa shape index (κ3) is 4.92. The van der Waals surface area contributed by atoms with Gasteiger partial charge in [0.05, 0.1) is 5.60 Å². The van der Waals surface area contributed by atoms with Gasteiger partial charge in [-0.1, -0.05) is 30.3 Å². The molecule has 0 radical (unpaired) electrons. The van der Waals surface area contributed by atoms with Crippen molar-refractivity contribution in [1.82, 2.24) is 5.32 Å². The summed E-state index contributed by atoms with van der Waals surface area (Å²) in [7, 11) is 0. The van der Waals surface area contributed by atoms with Gasteiger partial charge >= 0.3 is 5.97 Å². The first-order chi connectivity index (χ1) is 8.97. The van der Waals surface area contributed by atoms with Gasteiger partial charge in [-0.15, -0.1) is 0 Å². The Hall–Kier alpha value is -1.53. The number of carboxylic acids is 1. The fraction of sp³-hybridized carbons (Fsp3) is 0.385. The lowest BCUT2D eigenvalue weighted by molar-refractivity contribution is -0.139. The number of aliphatic carboxylic acids is 1. The average molecular weight is 283 g/mol. The molecule has 2 atom stereocenters. The first kappa shape index (κ1) is 15.5. The van der Waals surface area contributed by atoms with E-state index in [9.17, 15) is 14.7 Å². The van der Waals surface area contributed by atoms with Gasteiger partial charge in [0.15, 0.2) is 0 Å². The Morgan fingerprint density at radius 3 is 2.63 bits per heavy atom. The first-order valence-corrected chi connectivity index (χ1v) is 6.91. The van der Waals surface area contributed by atoms with Crippen LogP contribution in [0.4, 0.5) is 0 Å². The molecule has 0 spiro atoms. The van der Waals surface area contributed by atoms with Crippen LogP contribution in [0.3, 0.4) is 0 Å². The fourth-order valence-electron chi connectivity index (χ4n) is 1.53. The highest BCUT2D eigenvalue weighted by molar-refractivity contribution is 7.99. The lowest BCUT2D eigenvalue weighted by Crippen LogP contribution is -2.38. The van der Waals surface area contributed by atoms with Gasteiger partial charge < -0.3 is 15.5 Å². The zero-order valence-electron chi connectivity index (χ0n) is 10.6. The Bertz CT molecular complexity index is 422. The molecule has 1 amide bonds. The van der Waals surface area contributed by atoms with Gasteiger partial charge in [-0.2, -0.15) is 11.8 Å². The molecule has 3 N–H and O–H groups in total. The number of carbonyl (C=O) groups excluding carboxylic acids is 1. The second-order valence-corrected chi connectivity index (χ2v) is 5.36. The Morgan fingerprint density at radius 2 is 2.11 bits per heavy atom. The van der Waals surface area contributed by atoms with Crippen LogP contribution in [-0.2, 0) is 15.2 Å². The number of aliphatic hydroxyl groups is 1. The van der Waals surface area contributed by atoms with Crippen molar-refractivity contribution in [3.05, 3.63) is 35.9 Å². The number of hydrogen-bond donors (Lipinski definition) is 3. The average Bonchev–Trinajstić information content (AvgIpc) is 2.38. The Labute approximate surface area is 116 Å². The van der Waals surface area contributed by atoms with E-state index >= 15 is 0 Å². The molecule has 0 bridgehead atoms. The molecule has 0 fully saturated rings. The maximum atomic E-state index is 10.8. The van der Waals surface area contributed by atoms with Crippen molar-refractivity contribution in [1.29, 1.82) is 0 Å². The van der Waals surface area contributed by atoms with E-state index in [1.54, 1.807) is 6.92 Å². The molecule has 0 aromatic heterocycles. The third-order valence-electron chi connectivity index (χ3n) is 2.63. The monoisotopic (exact) mass is 283 g/mol. The van der Waals surface area contributed by atoms with Crippen LogP contribution in [0.1, 0.15) is 12.5 Å². The number of carbonyl (C=O) groups is 2. The smallest absolute Gasteiger partial charge is 0.327 e. The van der Waals surface area contributed by atoms with E-state index in [-0.39, 0.29) is 5.75 Å². The maximum absolute atomic E-state index is 10.8. The van der Waals surface area contributed by atoms with Crippen LogP contribution in [0, 0.1) is 0 Å². The maximum Gasteiger partial charge on any atom is 0.327 e. The van der Waals surface area contributed by atoms with E-state index in [0.717, 1.165) is 5.56 Å². The summed E-state index contributed by atoms with van der Waals surface area (Å²) in [5, 5.41) is 21.4. The molecule has 104 valence electrons. The summed E-state index contributed by atoms with van der Waals surface area (Å²) >= 11 is 1.28. The highest BCUT2D eigenvalue weighted by Gasteiger charge is 2.24. The Balaban J connectivity index is 2.51. The molecule has 0 saturated heterocycles. The summed E-state index contributed by atoms with van der Waals surface area (Å²) in [5.74, 6) is -0.530. The van der Waals surface area contributed by atoms with Crippen molar-refractivity contribution < 1.29 is 19.8 Å². The largest absolute Gasteiger partial charge is 0.480 e. The van der Waals surface area contributed by atoms with Crippen molar-refractivity contribution in [3.8, 4) is 0 Å².